The summed E-state index contributed by atoms with van der Waals surface area (Å²) in [6, 6.07) is 16.7. The Labute approximate surface area is 116 Å². The molecule has 0 heterocycles. The Kier molecular flexibility index (Phi) is 10.4. The first kappa shape index (κ1) is 16.8. The molecule has 8 heteroatoms. The minimum Gasteiger partial charge on any atom is -0.322 e. The monoisotopic (exact) mass is 272 g/mol. The lowest BCUT2D eigenvalue weighted by Crippen LogP contribution is -1.75. The molecule has 0 spiro atoms. The number of nitrogens with two attached hydrogens (primary N) is 2. The zero-order chi connectivity index (χ0) is 15.1. The molecular formula is C12H16N8. The average Bonchev–Trinajstić information content (AvgIpc) is 2.50. The summed E-state index contributed by atoms with van der Waals surface area (Å²) in [6.07, 6.45) is 1.89. The van der Waals surface area contributed by atoms with E-state index in [9.17, 15) is 0 Å². The number of rotatable bonds is 2. The third-order valence-electron chi connectivity index (χ3n) is 1.91. The summed E-state index contributed by atoms with van der Waals surface area (Å²) in [5.41, 5.74) is 12.0. The van der Waals surface area contributed by atoms with Crippen LogP contribution in [-0.2, 0) is 0 Å². The van der Waals surface area contributed by atoms with Gasteiger partial charge < -0.3 is 11.7 Å². The molecule has 0 aliphatic carbocycles. The maximum absolute atomic E-state index is 6.00. The molecule has 20 heavy (non-hydrogen) atoms. The Morgan fingerprint density at radius 1 is 0.700 bits per heavy atom. The molecule has 104 valence electrons. The lowest BCUT2D eigenvalue weighted by atomic mass is 10.1. The van der Waals surface area contributed by atoms with Gasteiger partial charge in [0.2, 0.25) is 0 Å². The Morgan fingerprint density at radius 3 is 1.15 bits per heavy atom. The summed E-state index contributed by atoms with van der Waals surface area (Å²) in [6.45, 7) is 0. The van der Waals surface area contributed by atoms with Gasteiger partial charge in [0.25, 0.3) is 0 Å². The van der Waals surface area contributed by atoms with Crippen molar-refractivity contribution >= 4 is 23.4 Å². The number of hydrogen-bond acceptors (Lipinski definition) is 6. The standard InChI is InChI=1S/C10H8.2CH4N4/c1-2-6-10-8-4-3-7-9(10)5-1;2*2-4-1-5-3/h1-8H;2*1-2H,3H2. The van der Waals surface area contributed by atoms with E-state index in [0.29, 0.717) is 0 Å². The first-order valence-electron chi connectivity index (χ1n) is 5.40. The van der Waals surface area contributed by atoms with E-state index in [-0.39, 0.29) is 0 Å². The van der Waals surface area contributed by atoms with Crippen LogP contribution in [0.3, 0.4) is 0 Å². The SMILES string of the molecule is N=NC=NN.N=NC=NN.c1ccc2ccccc2c1. The van der Waals surface area contributed by atoms with Crippen LogP contribution in [0.2, 0.25) is 0 Å². The predicted molar refractivity (Wildman–Crippen MR) is 79.6 cm³/mol. The minimum absolute atomic E-state index is 0.944. The predicted octanol–water partition coefficient (Wildman–Crippen LogP) is 2.68. The molecule has 0 amide bonds. The van der Waals surface area contributed by atoms with Crippen LogP contribution < -0.4 is 11.7 Å². The topological polar surface area (TPSA) is 149 Å². The van der Waals surface area contributed by atoms with E-state index in [1.54, 1.807) is 0 Å². The summed E-state index contributed by atoms with van der Waals surface area (Å²) in [7, 11) is 0. The highest BCUT2D eigenvalue weighted by Crippen LogP contribution is 2.11. The lowest BCUT2D eigenvalue weighted by molar-refractivity contribution is 1.17. The Morgan fingerprint density at radius 2 is 1.00 bits per heavy atom. The number of nitrogens with one attached hydrogen (secondary N) is 2. The van der Waals surface area contributed by atoms with Gasteiger partial charge in [0, 0.05) is 0 Å². The molecule has 6 N–H and O–H groups in total. The first-order chi connectivity index (χ1) is 9.79. The molecule has 2 aromatic rings. The van der Waals surface area contributed by atoms with Crippen molar-refractivity contribution in [3.05, 3.63) is 48.5 Å². The number of benzene rings is 2. The van der Waals surface area contributed by atoms with Crippen LogP contribution in [0.5, 0.6) is 0 Å². The fourth-order valence-corrected chi connectivity index (χ4v) is 1.20. The second-order valence-electron chi connectivity index (χ2n) is 3.13. The van der Waals surface area contributed by atoms with E-state index in [1.807, 2.05) is 0 Å². The summed E-state index contributed by atoms with van der Waals surface area (Å²) < 4.78 is 0. The molecule has 0 aromatic heterocycles. The van der Waals surface area contributed by atoms with Crippen LogP contribution in [0.15, 0.2) is 69.0 Å². The molecule has 0 bridgehead atoms. The van der Waals surface area contributed by atoms with Gasteiger partial charge in [-0.1, -0.05) is 48.5 Å². The minimum atomic E-state index is 0.944. The van der Waals surface area contributed by atoms with Crippen LogP contribution in [0.4, 0.5) is 0 Å². The second-order valence-corrected chi connectivity index (χ2v) is 3.13. The quantitative estimate of drug-likeness (QED) is 0.218. The number of hydrazone groups is 2. The fraction of sp³-hybridized carbons (Fsp3) is 0. The van der Waals surface area contributed by atoms with Gasteiger partial charge in [-0.3, -0.25) is 0 Å². The molecule has 0 unspecified atom stereocenters. The van der Waals surface area contributed by atoms with Gasteiger partial charge in [0.1, 0.15) is 0 Å². The number of fused-ring (bicyclic) bond motifs is 1. The third-order valence-corrected chi connectivity index (χ3v) is 1.91. The van der Waals surface area contributed by atoms with Crippen molar-refractivity contribution in [2.24, 2.45) is 32.1 Å². The molecule has 2 rings (SSSR count). The maximum atomic E-state index is 6.00. The van der Waals surface area contributed by atoms with Gasteiger partial charge in [-0.25, -0.2) is 11.1 Å². The zero-order valence-corrected chi connectivity index (χ0v) is 10.7. The lowest BCUT2D eigenvalue weighted by Gasteiger charge is -1.92. The van der Waals surface area contributed by atoms with Crippen LogP contribution in [-0.4, -0.2) is 12.7 Å². The van der Waals surface area contributed by atoms with Gasteiger partial charge >= 0.3 is 0 Å². The molecule has 8 nitrogen and oxygen atoms in total. The van der Waals surface area contributed by atoms with E-state index in [2.05, 4.69) is 80.6 Å². The van der Waals surface area contributed by atoms with Crippen LogP contribution in [0.1, 0.15) is 0 Å². The highest BCUT2D eigenvalue weighted by Gasteiger charge is 1.85. The van der Waals surface area contributed by atoms with Crippen molar-refractivity contribution in [1.29, 1.82) is 11.1 Å². The molecule has 0 radical (unpaired) electrons. The van der Waals surface area contributed by atoms with Gasteiger partial charge in [-0.15, -0.1) is 10.2 Å². The van der Waals surface area contributed by atoms with E-state index in [4.69, 9.17) is 11.1 Å². The zero-order valence-electron chi connectivity index (χ0n) is 10.7. The van der Waals surface area contributed by atoms with Gasteiger partial charge in [-0.2, -0.15) is 10.2 Å². The van der Waals surface area contributed by atoms with Crippen molar-refractivity contribution < 1.29 is 0 Å². The Balaban J connectivity index is 0.000000310. The molecule has 0 atom stereocenters. The van der Waals surface area contributed by atoms with Gasteiger partial charge in [0.15, 0.2) is 12.7 Å². The summed E-state index contributed by atoms with van der Waals surface area (Å²) in [4.78, 5) is 0. The second kappa shape index (κ2) is 12.3. The fourth-order valence-electron chi connectivity index (χ4n) is 1.20. The Hall–Kier alpha value is -3.16. The summed E-state index contributed by atoms with van der Waals surface area (Å²) in [5, 5.41) is 13.7. The average molecular weight is 272 g/mol. The number of nitrogens with zero attached hydrogens (tertiary/aromatic N) is 4. The highest BCUT2D eigenvalue weighted by molar-refractivity contribution is 5.81. The van der Waals surface area contributed by atoms with E-state index in [0.717, 1.165) is 12.7 Å². The van der Waals surface area contributed by atoms with E-state index in [1.165, 1.54) is 10.8 Å². The van der Waals surface area contributed by atoms with Crippen molar-refractivity contribution in [3.63, 3.8) is 0 Å². The van der Waals surface area contributed by atoms with Crippen molar-refractivity contribution in [2.75, 3.05) is 0 Å². The largest absolute Gasteiger partial charge is 0.322 e. The van der Waals surface area contributed by atoms with Crippen LogP contribution in [0.25, 0.3) is 10.8 Å². The van der Waals surface area contributed by atoms with Gasteiger partial charge in [0.05, 0.1) is 0 Å². The molecule has 0 saturated carbocycles. The molecule has 0 fully saturated rings. The number of hydrogen-bond donors (Lipinski definition) is 4. The maximum Gasteiger partial charge on any atom is 0.156 e. The molecule has 0 aliphatic heterocycles. The van der Waals surface area contributed by atoms with Crippen molar-refractivity contribution in [3.8, 4) is 0 Å². The Bertz CT molecular complexity index is 483. The molecule has 0 aliphatic rings. The van der Waals surface area contributed by atoms with Crippen LogP contribution >= 0.6 is 0 Å². The first-order valence-corrected chi connectivity index (χ1v) is 5.40. The summed E-state index contributed by atoms with van der Waals surface area (Å²) in [5.74, 6) is 8.99. The van der Waals surface area contributed by atoms with Gasteiger partial charge in [-0.05, 0) is 10.8 Å². The van der Waals surface area contributed by atoms with Crippen molar-refractivity contribution in [1.82, 2.24) is 0 Å². The molecule has 0 saturated heterocycles. The summed E-state index contributed by atoms with van der Waals surface area (Å²) >= 11 is 0. The smallest absolute Gasteiger partial charge is 0.156 e. The normalized spacial score (nSPS) is 9.40. The van der Waals surface area contributed by atoms with E-state index >= 15 is 0 Å². The molecular weight excluding hydrogens is 256 g/mol. The molecule has 2 aromatic carbocycles. The third kappa shape index (κ3) is 8.01. The highest BCUT2D eigenvalue weighted by atomic mass is 15.2. The van der Waals surface area contributed by atoms with Crippen molar-refractivity contribution in [2.45, 2.75) is 0 Å². The van der Waals surface area contributed by atoms with Crippen LogP contribution in [0, 0.1) is 11.1 Å². The van der Waals surface area contributed by atoms with E-state index < -0.39 is 0 Å².